The van der Waals surface area contributed by atoms with Gasteiger partial charge in [0.05, 0.1) is 12.2 Å². The molecule has 1 fully saturated rings. The van der Waals surface area contributed by atoms with E-state index in [0.29, 0.717) is 12.4 Å². The zero-order valence-corrected chi connectivity index (χ0v) is 19.3. The number of ether oxygens (including phenoxy) is 1. The first-order chi connectivity index (χ1) is 13.2. The van der Waals surface area contributed by atoms with Gasteiger partial charge in [-0.3, -0.25) is 4.99 Å². The first-order valence-corrected chi connectivity index (χ1v) is 9.66. The van der Waals surface area contributed by atoms with E-state index in [4.69, 9.17) is 9.15 Å². The fourth-order valence-electron chi connectivity index (χ4n) is 3.29. The van der Waals surface area contributed by atoms with Gasteiger partial charge in [-0.15, -0.1) is 24.0 Å². The van der Waals surface area contributed by atoms with Crippen molar-refractivity contribution in [3.05, 3.63) is 41.8 Å². The summed E-state index contributed by atoms with van der Waals surface area (Å²) in [5.41, 5.74) is 3.08. The molecule has 0 unspecified atom stereocenters. The third kappa shape index (κ3) is 6.48. The van der Waals surface area contributed by atoms with Gasteiger partial charge < -0.3 is 19.4 Å². The molecular formula is C21H31IN4O2. The number of benzene rings is 1. The second-order valence-corrected chi connectivity index (χ2v) is 7.18. The van der Waals surface area contributed by atoms with Crippen LogP contribution in [0.3, 0.4) is 0 Å². The maximum absolute atomic E-state index is 5.63. The van der Waals surface area contributed by atoms with Crippen molar-refractivity contribution in [3.63, 3.8) is 0 Å². The van der Waals surface area contributed by atoms with Crippen molar-refractivity contribution in [1.82, 2.24) is 15.2 Å². The van der Waals surface area contributed by atoms with Crippen molar-refractivity contribution in [2.75, 3.05) is 33.9 Å². The Hall–Kier alpha value is -1.61. The monoisotopic (exact) mass is 498 g/mol. The van der Waals surface area contributed by atoms with Crippen LogP contribution in [0.1, 0.15) is 30.5 Å². The minimum Gasteiger partial charge on any atom is -0.444 e. The summed E-state index contributed by atoms with van der Waals surface area (Å²) < 4.78 is 11.1. The number of hydrogen-bond donors (Lipinski definition) is 1. The van der Waals surface area contributed by atoms with Gasteiger partial charge in [-0.1, -0.05) is 17.7 Å². The Balaban J connectivity index is 0.00000280. The zero-order valence-electron chi connectivity index (χ0n) is 17.0. The number of halogens is 1. The normalized spacial score (nSPS) is 15.2. The Morgan fingerprint density at radius 1 is 1.25 bits per heavy atom. The van der Waals surface area contributed by atoms with Crippen LogP contribution in [0.4, 0.5) is 0 Å². The van der Waals surface area contributed by atoms with Crippen molar-refractivity contribution in [2.24, 2.45) is 10.9 Å². The molecule has 154 valence electrons. The van der Waals surface area contributed by atoms with Crippen LogP contribution in [0.2, 0.25) is 0 Å². The van der Waals surface area contributed by atoms with Crippen molar-refractivity contribution in [1.29, 1.82) is 0 Å². The highest BCUT2D eigenvalue weighted by molar-refractivity contribution is 14.0. The largest absolute Gasteiger partial charge is 0.444 e. The molecule has 1 aromatic carbocycles. The van der Waals surface area contributed by atoms with Crippen LogP contribution in [0.25, 0.3) is 11.5 Å². The summed E-state index contributed by atoms with van der Waals surface area (Å²) in [6.45, 7) is 5.44. The number of nitrogens with one attached hydrogen (secondary N) is 1. The lowest BCUT2D eigenvalue weighted by Crippen LogP contribution is -2.39. The number of rotatable bonds is 6. The summed E-state index contributed by atoms with van der Waals surface area (Å²) in [4.78, 5) is 11.1. The molecule has 1 saturated heterocycles. The van der Waals surface area contributed by atoms with Crippen LogP contribution < -0.4 is 5.32 Å². The van der Waals surface area contributed by atoms with E-state index in [-0.39, 0.29) is 24.0 Å². The SMILES string of the molecule is CN=C(NCc1coc(-c2ccc(C)cc2)n1)N(C)CCC1CCOCC1.I. The molecule has 28 heavy (non-hydrogen) atoms. The highest BCUT2D eigenvalue weighted by Gasteiger charge is 2.15. The van der Waals surface area contributed by atoms with Gasteiger partial charge in [0.1, 0.15) is 6.26 Å². The van der Waals surface area contributed by atoms with Crippen molar-refractivity contribution < 1.29 is 9.15 Å². The molecule has 0 atom stereocenters. The Morgan fingerprint density at radius 2 is 1.96 bits per heavy atom. The van der Waals surface area contributed by atoms with Gasteiger partial charge in [-0.05, 0) is 44.2 Å². The predicted octanol–water partition coefficient (Wildman–Crippen LogP) is 4.09. The minimum atomic E-state index is 0. The lowest BCUT2D eigenvalue weighted by Gasteiger charge is -2.26. The molecule has 0 radical (unpaired) electrons. The molecule has 0 spiro atoms. The third-order valence-corrected chi connectivity index (χ3v) is 5.06. The lowest BCUT2D eigenvalue weighted by molar-refractivity contribution is 0.0625. The topological polar surface area (TPSA) is 62.9 Å². The molecule has 2 heterocycles. The van der Waals surface area contributed by atoms with Gasteiger partial charge in [-0.25, -0.2) is 4.98 Å². The van der Waals surface area contributed by atoms with Crippen LogP contribution in [0.5, 0.6) is 0 Å². The van der Waals surface area contributed by atoms with Gasteiger partial charge in [0.2, 0.25) is 5.89 Å². The number of oxazole rings is 1. The number of guanidine groups is 1. The minimum absolute atomic E-state index is 0. The number of aromatic nitrogens is 1. The fourth-order valence-corrected chi connectivity index (χ4v) is 3.29. The fraction of sp³-hybridized carbons (Fsp3) is 0.524. The second kappa shape index (κ2) is 11.4. The van der Waals surface area contributed by atoms with Crippen LogP contribution in [-0.4, -0.2) is 49.7 Å². The van der Waals surface area contributed by atoms with Crippen LogP contribution >= 0.6 is 24.0 Å². The highest BCUT2D eigenvalue weighted by Crippen LogP contribution is 2.20. The molecule has 1 aromatic heterocycles. The van der Waals surface area contributed by atoms with E-state index < -0.39 is 0 Å². The molecule has 0 amide bonds. The Bertz CT molecular complexity index is 739. The molecule has 1 aliphatic heterocycles. The molecule has 0 bridgehead atoms. The van der Waals surface area contributed by atoms with E-state index in [9.17, 15) is 0 Å². The van der Waals surface area contributed by atoms with Crippen LogP contribution in [-0.2, 0) is 11.3 Å². The maximum Gasteiger partial charge on any atom is 0.226 e. The van der Waals surface area contributed by atoms with Crippen LogP contribution in [0.15, 0.2) is 39.9 Å². The van der Waals surface area contributed by atoms with E-state index in [1.165, 1.54) is 24.8 Å². The van der Waals surface area contributed by atoms with Crippen LogP contribution in [0, 0.1) is 12.8 Å². The summed E-state index contributed by atoms with van der Waals surface area (Å²) in [6.07, 6.45) is 5.21. The molecule has 2 aromatic rings. The Kier molecular flexibility index (Phi) is 9.24. The zero-order chi connectivity index (χ0) is 19.1. The molecule has 0 saturated carbocycles. The van der Waals surface area contributed by atoms with E-state index in [1.54, 1.807) is 6.26 Å². The van der Waals surface area contributed by atoms with Crippen molar-refractivity contribution in [3.8, 4) is 11.5 Å². The average molecular weight is 498 g/mol. The van der Waals surface area contributed by atoms with Gasteiger partial charge in [0, 0.05) is 39.4 Å². The Morgan fingerprint density at radius 3 is 2.64 bits per heavy atom. The molecule has 6 nitrogen and oxygen atoms in total. The molecule has 1 aliphatic rings. The van der Waals surface area contributed by atoms with E-state index in [2.05, 4.69) is 46.3 Å². The summed E-state index contributed by atoms with van der Waals surface area (Å²) >= 11 is 0. The summed E-state index contributed by atoms with van der Waals surface area (Å²) in [7, 11) is 3.89. The first kappa shape index (κ1) is 22.7. The maximum atomic E-state index is 5.63. The quantitative estimate of drug-likeness (QED) is 0.370. The van der Waals surface area contributed by atoms with Crippen molar-refractivity contribution >= 4 is 29.9 Å². The summed E-state index contributed by atoms with van der Waals surface area (Å²) in [5, 5.41) is 3.38. The van der Waals surface area contributed by atoms with Gasteiger partial charge in [0.15, 0.2) is 5.96 Å². The standard InChI is InChI=1S/C21H30N4O2.HI/c1-16-4-6-18(7-5-16)20-24-19(15-27-20)14-23-21(22-2)25(3)11-8-17-9-12-26-13-10-17;/h4-7,15,17H,8-14H2,1-3H3,(H,22,23);1H. The van der Waals surface area contributed by atoms with Gasteiger partial charge >= 0.3 is 0 Å². The highest BCUT2D eigenvalue weighted by atomic mass is 127. The first-order valence-electron chi connectivity index (χ1n) is 9.66. The number of aryl methyl sites for hydroxylation is 1. The molecule has 0 aliphatic carbocycles. The van der Waals surface area contributed by atoms with Crippen molar-refractivity contribution in [2.45, 2.75) is 32.7 Å². The second-order valence-electron chi connectivity index (χ2n) is 7.18. The summed E-state index contributed by atoms with van der Waals surface area (Å²) in [6, 6.07) is 8.18. The average Bonchev–Trinajstić information content (AvgIpc) is 3.17. The predicted molar refractivity (Wildman–Crippen MR) is 123 cm³/mol. The van der Waals surface area contributed by atoms with E-state index in [1.807, 2.05) is 19.2 Å². The van der Waals surface area contributed by atoms with E-state index >= 15 is 0 Å². The third-order valence-electron chi connectivity index (χ3n) is 5.06. The number of aliphatic imine (C=N–C) groups is 1. The van der Waals surface area contributed by atoms with E-state index in [0.717, 1.165) is 42.9 Å². The summed E-state index contributed by atoms with van der Waals surface area (Å²) in [5.74, 6) is 2.28. The Labute approximate surface area is 184 Å². The lowest BCUT2D eigenvalue weighted by atomic mass is 9.96. The number of nitrogens with zero attached hydrogens (tertiary/aromatic N) is 3. The molecular weight excluding hydrogens is 467 g/mol. The molecule has 1 N–H and O–H groups in total. The molecule has 3 rings (SSSR count). The van der Waals surface area contributed by atoms with Gasteiger partial charge in [0.25, 0.3) is 0 Å². The molecule has 7 heteroatoms. The number of hydrogen-bond acceptors (Lipinski definition) is 4. The smallest absolute Gasteiger partial charge is 0.226 e. The van der Waals surface area contributed by atoms with Gasteiger partial charge in [-0.2, -0.15) is 0 Å².